The topological polar surface area (TPSA) is 55.5 Å². The van der Waals surface area contributed by atoms with Gasteiger partial charge in [0.25, 0.3) is 0 Å². The highest BCUT2D eigenvalue weighted by atomic mass is 16.5. The summed E-state index contributed by atoms with van der Waals surface area (Å²) in [5.41, 5.74) is 12.5. The lowest BCUT2D eigenvalue weighted by Crippen LogP contribution is -2.28. The van der Waals surface area contributed by atoms with Crippen molar-refractivity contribution in [3.63, 3.8) is 0 Å². The van der Waals surface area contributed by atoms with Crippen molar-refractivity contribution in [2.75, 3.05) is 0 Å². The van der Waals surface area contributed by atoms with Crippen molar-refractivity contribution in [1.82, 2.24) is 0 Å². The maximum atomic E-state index is 10.5. The van der Waals surface area contributed by atoms with Crippen LogP contribution in [0, 0.1) is 19.3 Å². The van der Waals surface area contributed by atoms with E-state index >= 15 is 0 Å². The summed E-state index contributed by atoms with van der Waals surface area (Å²) in [5, 5.41) is 10.5. The largest absolute Gasteiger partial charge is 0.475 e. The van der Waals surface area contributed by atoms with Crippen LogP contribution in [0.2, 0.25) is 0 Å². The van der Waals surface area contributed by atoms with Gasteiger partial charge in [0.2, 0.25) is 0 Å². The molecule has 2 rings (SSSR count). The van der Waals surface area contributed by atoms with Crippen LogP contribution in [0.15, 0.2) is 36.4 Å². The number of aryl methyl sites for hydroxylation is 3. The number of hydrogen-bond donors (Lipinski definition) is 2. The molecule has 0 aliphatic carbocycles. The molecule has 0 aliphatic heterocycles. The van der Waals surface area contributed by atoms with Gasteiger partial charge in [0.15, 0.2) is 0 Å². The molecule has 0 aliphatic rings. The smallest absolute Gasteiger partial charge is 0.147 e. The summed E-state index contributed by atoms with van der Waals surface area (Å²) >= 11 is 0. The van der Waals surface area contributed by atoms with Gasteiger partial charge < -0.3 is 9.84 Å². The van der Waals surface area contributed by atoms with E-state index in [1.54, 1.807) is 0 Å². The third kappa shape index (κ3) is 6.86. The van der Waals surface area contributed by atoms with E-state index in [9.17, 15) is 5.11 Å². The van der Waals surface area contributed by atoms with Gasteiger partial charge in [-0.15, -0.1) is 0 Å². The van der Waals surface area contributed by atoms with Crippen molar-refractivity contribution in [2.45, 2.75) is 118 Å². The molecule has 190 valence electrons. The minimum absolute atomic E-state index is 0.0399. The Bertz CT molecular complexity index is 908. The first-order valence-corrected chi connectivity index (χ1v) is 13.3. The standard InChI is InChI=1S/C31H49NO2/c1-9-12-13-29(32)34-27-18-17-26(21-23(27)5)31(10-2,11-3)25-16-14-24(22(4)20-25)15-19-28(33)30(6,7)8/h14,16-18,20-21,28-29,33H,9-13,15,19,32H2,1-8H3. The fourth-order valence-electron chi connectivity index (χ4n) is 4.94. The SMILES string of the molecule is CCCCC(N)Oc1ccc(C(CC)(CC)c2ccc(CCC(O)C(C)(C)C)c(C)c2)cc1C. The average molecular weight is 468 g/mol. The number of rotatable bonds is 12. The van der Waals surface area contributed by atoms with Crippen molar-refractivity contribution >= 4 is 0 Å². The van der Waals surface area contributed by atoms with Gasteiger partial charge in [-0.3, -0.25) is 5.73 Å². The quantitative estimate of drug-likeness (QED) is 0.316. The lowest BCUT2D eigenvalue weighted by atomic mass is 9.69. The molecule has 2 unspecified atom stereocenters. The van der Waals surface area contributed by atoms with E-state index in [4.69, 9.17) is 10.5 Å². The van der Waals surface area contributed by atoms with Gasteiger partial charge in [-0.2, -0.15) is 0 Å². The van der Waals surface area contributed by atoms with Crippen LogP contribution in [0.1, 0.15) is 108 Å². The van der Waals surface area contributed by atoms with Crippen molar-refractivity contribution in [2.24, 2.45) is 11.1 Å². The summed E-state index contributed by atoms with van der Waals surface area (Å²) in [6.45, 7) is 17.4. The fraction of sp³-hybridized carbons (Fsp3) is 0.613. The number of unbranched alkanes of at least 4 members (excludes halogenated alkanes) is 1. The summed E-state index contributed by atoms with van der Waals surface area (Å²) in [5.74, 6) is 0.886. The van der Waals surface area contributed by atoms with E-state index in [-0.39, 0.29) is 23.2 Å². The zero-order valence-electron chi connectivity index (χ0n) is 23.0. The molecule has 0 radical (unpaired) electrons. The molecular formula is C31H49NO2. The third-order valence-electron chi connectivity index (χ3n) is 7.64. The van der Waals surface area contributed by atoms with Gasteiger partial charge >= 0.3 is 0 Å². The molecule has 0 fully saturated rings. The van der Waals surface area contributed by atoms with E-state index in [1.165, 1.54) is 22.3 Å². The van der Waals surface area contributed by atoms with E-state index in [0.717, 1.165) is 56.3 Å². The molecule has 0 heterocycles. The monoisotopic (exact) mass is 467 g/mol. The van der Waals surface area contributed by atoms with E-state index < -0.39 is 0 Å². The summed E-state index contributed by atoms with van der Waals surface area (Å²) < 4.78 is 6.05. The third-order valence-corrected chi connectivity index (χ3v) is 7.64. The molecule has 34 heavy (non-hydrogen) atoms. The minimum Gasteiger partial charge on any atom is -0.475 e. The molecule has 0 saturated carbocycles. The van der Waals surface area contributed by atoms with Crippen LogP contribution in [0.4, 0.5) is 0 Å². The van der Waals surface area contributed by atoms with Crippen LogP contribution in [0.25, 0.3) is 0 Å². The van der Waals surface area contributed by atoms with Gasteiger partial charge in [-0.05, 0) is 91.7 Å². The summed E-state index contributed by atoms with van der Waals surface area (Å²) in [6, 6.07) is 13.6. The Morgan fingerprint density at radius 3 is 1.97 bits per heavy atom. The summed E-state index contributed by atoms with van der Waals surface area (Å²) in [6.07, 6.45) is 6.29. The van der Waals surface area contributed by atoms with Crippen molar-refractivity contribution in [1.29, 1.82) is 0 Å². The first-order chi connectivity index (χ1) is 16.0. The minimum atomic E-state index is -0.296. The van der Waals surface area contributed by atoms with Crippen LogP contribution in [-0.2, 0) is 11.8 Å². The molecule has 3 heteroatoms. The van der Waals surface area contributed by atoms with E-state index in [2.05, 4.69) is 91.8 Å². The lowest BCUT2D eigenvalue weighted by molar-refractivity contribution is 0.0560. The highest BCUT2D eigenvalue weighted by Gasteiger charge is 2.31. The van der Waals surface area contributed by atoms with E-state index in [0.29, 0.717) is 0 Å². The second-order valence-corrected chi connectivity index (χ2v) is 11.1. The number of benzene rings is 2. The van der Waals surface area contributed by atoms with Crippen LogP contribution in [0.3, 0.4) is 0 Å². The van der Waals surface area contributed by atoms with Crippen LogP contribution < -0.4 is 10.5 Å². The zero-order valence-corrected chi connectivity index (χ0v) is 23.0. The average Bonchev–Trinajstić information content (AvgIpc) is 2.79. The molecule has 3 N–H and O–H groups in total. The Morgan fingerprint density at radius 1 is 0.882 bits per heavy atom. The predicted molar refractivity (Wildman–Crippen MR) is 146 cm³/mol. The molecule has 0 spiro atoms. The van der Waals surface area contributed by atoms with Gasteiger partial charge in [0, 0.05) is 5.41 Å². The van der Waals surface area contributed by atoms with Gasteiger partial charge in [0.1, 0.15) is 12.0 Å². The Hall–Kier alpha value is -1.84. The normalized spacial score (nSPS) is 14.2. The van der Waals surface area contributed by atoms with Gasteiger partial charge in [0.05, 0.1) is 6.10 Å². The van der Waals surface area contributed by atoms with Crippen LogP contribution >= 0.6 is 0 Å². The molecule has 2 atom stereocenters. The molecule has 0 saturated heterocycles. The Morgan fingerprint density at radius 2 is 1.47 bits per heavy atom. The number of hydrogen-bond acceptors (Lipinski definition) is 3. The molecule has 0 aromatic heterocycles. The van der Waals surface area contributed by atoms with Crippen molar-refractivity contribution in [3.05, 3.63) is 64.2 Å². The second kappa shape index (κ2) is 12.2. The van der Waals surface area contributed by atoms with Crippen molar-refractivity contribution < 1.29 is 9.84 Å². The molecular weight excluding hydrogens is 418 g/mol. The number of ether oxygens (including phenoxy) is 1. The van der Waals surface area contributed by atoms with Crippen molar-refractivity contribution in [3.8, 4) is 5.75 Å². The Labute approximate surface area is 209 Å². The summed E-state index contributed by atoms with van der Waals surface area (Å²) in [7, 11) is 0. The highest BCUT2D eigenvalue weighted by Crippen LogP contribution is 2.41. The highest BCUT2D eigenvalue weighted by molar-refractivity contribution is 5.47. The summed E-state index contributed by atoms with van der Waals surface area (Å²) in [4.78, 5) is 0. The Kier molecular flexibility index (Phi) is 10.2. The van der Waals surface area contributed by atoms with Crippen LogP contribution in [-0.4, -0.2) is 17.4 Å². The maximum absolute atomic E-state index is 10.5. The number of aliphatic hydroxyl groups excluding tert-OH is 1. The molecule has 0 amide bonds. The van der Waals surface area contributed by atoms with E-state index in [1.807, 2.05) is 0 Å². The van der Waals surface area contributed by atoms with Crippen LogP contribution in [0.5, 0.6) is 5.75 Å². The molecule has 2 aromatic rings. The lowest BCUT2D eigenvalue weighted by Gasteiger charge is -2.34. The molecule has 0 bridgehead atoms. The zero-order chi connectivity index (χ0) is 25.5. The number of aliphatic hydroxyl groups is 1. The van der Waals surface area contributed by atoms with Gasteiger partial charge in [-0.1, -0.05) is 78.3 Å². The molecule has 2 aromatic carbocycles. The fourth-order valence-corrected chi connectivity index (χ4v) is 4.94. The first-order valence-electron chi connectivity index (χ1n) is 13.3. The molecule has 3 nitrogen and oxygen atoms in total. The van der Waals surface area contributed by atoms with Gasteiger partial charge in [-0.25, -0.2) is 0 Å². The predicted octanol–water partition coefficient (Wildman–Crippen LogP) is 7.60. The number of nitrogens with two attached hydrogens (primary N) is 1. The maximum Gasteiger partial charge on any atom is 0.147 e. The first kappa shape index (κ1) is 28.4. The Balaban J connectivity index is 2.30. The second-order valence-electron chi connectivity index (χ2n) is 11.1.